The third-order valence-corrected chi connectivity index (χ3v) is 6.99. The van der Waals surface area contributed by atoms with E-state index in [0.29, 0.717) is 11.1 Å². The summed E-state index contributed by atoms with van der Waals surface area (Å²) < 4.78 is 34.1. The first kappa shape index (κ1) is 20.3. The fraction of sp³-hybridized carbons (Fsp3) is 0.0870. The monoisotopic (exact) mass is 436 g/mol. The lowest BCUT2D eigenvalue weighted by Crippen LogP contribution is -2.26. The first-order chi connectivity index (χ1) is 14.5. The molecule has 0 saturated carbocycles. The van der Waals surface area contributed by atoms with Crippen LogP contribution in [0, 0.1) is 6.92 Å². The average molecular weight is 437 g/mol. The number of fused-ring (bicyclic) bond motifs is 1. The highest BCUT2D eigenvalue weighted by atomic mass is 32.2. The van der Waals surface area contributed by atoms with Crippen LogP contribution < -0.4 is 4.31 Å². The second-order valence-corrected chi connectivity index (χ2v) is 9.30. The van der Waals surface area contributed by atoms with E-state index in [4.69, 9.17) is 4.42 Å². The standard InChI is InChI=1S/C23H20N2O3S2/c1-17-12-14-19(15-13-17)30(26,27)25(16-22(29-2)18-8-4-3-5-9-18)23-24-20-10-6-7-11-21(20)28-23/h3-16H,1-2H3/b22-16-. The van der Waals surface area contributed by atoms with Crippen molar-refractivity contribution in [3.63, 3.8) is 0 Å². The van der Waals surface area contributed by atoms with Crippen molar-refractivity contribution in [2.24, 2.45) is 0 Å². The SMILES string of the molecule is CS/C(=C\N(c1nc2ccccc2o1)S(=O)(=O)c1ccc(C)cc1)c1ccccc1. The minimum atomic E-state index is -3.94. The van der Waals surface area contributed by atoms with E-state index < -0.39 is 10.0 Å². The van der Waals surface area contributed by atoms with Gasteiger partial charge in [-0.3, -0.25) is 0 Å². The Hall–Kier alpha value is -3.03. The summed E-state index contributed by atoms with van der Waals surface area (Å²) in [4.78, 5) is 5.37. The predicted octanol–water partition coefficient (Wildman–Crippen LogP) is 5.69. The Morgan fingerprint density at radius 1 is 0.967 bits per heavy atom. The first-order valence-corrected chi connectivity index (χ1v) is 11.9. The molecule has 152 valence electrons. The molecule has 0 atom stereocenters. The van der Waals surface area contributed by atoms with Crippen molar-refractivity contribution in [1.82, 2.24) is 4.98 Å². The highest BCUT2D eigenvalue weighted by Crippen LogP contribution is 2.32. The van der Waals surface area contributed by atoms with E-state index in [2.05, 4.69) is 4.98 Å². The third kappa shape index (κ3) is 3.99. The van der Waals surface area contributed by atoms with Crippen molar-refractivity contribution in [2.45, 2.75) is 11.8 Å². The summed E-state index contributed by atoms with van der Waals surface area (Å²) in [5, 5.41) is 0. The number of anilines is 1. The predicted molar refractivity (Wildman–Crippen MR) is 123 cm³/mol. The zero-order chi connectivity index (χ0) is 21.1. The second kappa shape index (κ2) is 8.38. The lowest BCUT2D eigenvalue weighted by molar-refractivity contribution is 0.578. The van der Waals surface area contributed by atoms with Gasteiger partial charge in [0.05, 0.1) is 4.90 Å². The number of thioether (sulfide) groups is 1. The van der Waals surface area contributed by atoms with Crippen molar-refractivity contribution in [2.75, 3.05) is 10.6 Å². The van der Waals surface area contributed by atoms with Crippen LogP contribution >= 0.6 is 11.8 Å². The maximum atomic E-state index is 13.6. The molecule has 3 aromatic carbocycles. The molecule has 0 N–H and O–H groups in total. The second-order valence-electron chi connectivity index (χ2n) is 6.64. The number of benzene rings is 3. The number of para-hydroxylation sites is 2. The van der Waals surface area contributed by atoms with Crippen LogP contribution in [0.25, 0.3) is 16.0 Å². The Labute approximate surface area is 180 Å². The summed E-state index contributed by atoms with van der Waals surface area (Å²) in [6.45, 7) is 1.91. The smallest absolute Gasteiger partial charge is 0.317 e. The molecule has 4 rings (SSSR count). The first-order valence-electron chi connectivity index (χ1n) is 9.27. The third-order valence-electron chi connectivity index (χ3n) is 4.56. The Morgan fingerprint density at radius 2 is 1.63 bits per heavy atom. The fourth-order valence-electron chi connectivity index (χ4n) is 2.96. The molecule has 0 radical (unpaired) electrons. The molecule has 0 aliphatic heterocycles. The van der Waals surface area contributed by atoms with E-state index in [1.807, 2.05) is 55.6 Å². The lowest BCUT2D eigenvalue weighted by atomic mass is 10.2. The van der Waals surface area contributed by atoms with E-state index in [1.54, 1.807) is 42.6 Å². The van der Waals surface area contributed by atoms with Crippen LogP contribution in [-0.4, -0.2) is 19.7 Å². The molecular weight excluding hydrogens is 416 g/mol. The number of sulfonamides is 1. The topological polar surface area (TPSA) is 63.4 Å². The summed E-state index contributed by atoms with van der Waals surface area (Å²) in [7, 11) is -3.94. The van der Waals surface area contributed by atoms with E-state index in [-0.39, 0.29) is 10.9 Å². The van der Waals surface area contributed by atoms with Gasteiger partial charge in [-0.05, 0) is 43.0 Å². The molecule has 0 unspecified atom stereocenters. The number of hydrogen-bond donors (Lipinski definition) is 0. The maximum Gasteiger partial charge on any atom is 0.317 e. The van der Waals surface area contributed by atoms with E-state index in [1.165, 1.54) is 11.8 Å². The fourth-order valence-corrected chi connectivity index (χ4v) is 4.84. The van der Waals surface area contributed by atoms with Gasteiger partial charge in [0, 0.05) is 11.1 Å². The van der Waals surface area contributed by atoms with Crippen LogP contribution in [0.5, 0.6) is 0 Å². The number of oxazole rings is 1. The average Bonchev–Trinajstić information content (AvgIpc) is 3.19. The molecule has 0 spiro atoms. The van der Waals surface area contributed by atoms with Gasteiger partial charge in [0.15, 0.2) is 5.58 Å². The van der Waals surface area contributed by atoms with E-state index in [0.717, 1.165) is 20.3 Å². The molecule has 0 aliphatic rings. The van der Waals surface area contributed by atoms with Gasteiger partial charge in [0.2, 0.25) is 0 Å². The van der Waals surface area contributed by atoms with E-state index in [9.17, 15) is 8.42 Å². The van der Waals surface area contributed by atoms with Crippen molar-refractivity contribution in [1.29, 1.82) is 0 Å². The molecule has 30 heavy (non-hydrogen) atoms. The molecule has 4 aromatic rings. The van der Waals surface area contributed by atoms with E-state index >= 15 is 0 Å². The van der Waals surface area contributed by atoms with Crippen molar-refractivity contribution in [3.8, 4) is 0 Å². The number of rotatable bonds is 6. The summed E-state index contributed by atoms with van der Waals surface area (Å²) in [5.41, 5.74) is 3.00. The Kier molecular flexibility index (Phi) is 5.65. The van der Waals surface area contributed by atoms with Crippen molar-refractivity contribution >= 4 is 43.8 Å². The van der Waals surface area contributed by atoms with Gasteiger partial charge in [-0.25, -0.2) is 8.42 Å². The van der Waals surface area contributed by atoms with Gasteiger partial charge < -0.3 is 4.42 Å². The molecule has 0 bridgehead atoms. The largest absolute Gasteiger partial charge is 0.422 e. The number of nitrogens with zero attached hydrogens (tertiary/aromatic N) is 2. The van der Waals surface area contributed by atoms with Crippen LogP contribution in [0.1, 0.15) is 11.1 Å². The molecule has 0 fully saturated rings. The van der Waals surface area contributed by atoms with Gasteiger partial charge in [0.1, 0.15) is 5.52 Å². The zero-order valence-electron chi connectivity index (χ0n) is 16.5. The molecule has 0 amide bonds. The van der Waals surface area contributed by atoms with Gasteiger partial charge in [0.25, 0.3) is 10.0 Å². The molecule has 0 aliphatic carbocycles. The number of aromatic nitrogens is 1. The van der Waals surface area contributed by atoms with Gasteiger partial charge in [-0.2, -0.15) is 9.29 Å². The van der Waals surface area contributed by atoms with Crippen LogP contribution in [0.4, 0.5) is 6.01 Å². The zero-order valence-corrected chi connectivity index (χ0v) is 18.2. The summed E-state index contributed by atoms with van der Waals surface area (Å²) in [6.07, 6.45) is 3.47. The number of aryl methyl sites for hydroxylation is 1. The quantitative estimate of drug-likeness (QED) is 0.388. The summed E-state index contributed by atoms with van der Waals surface area (Å²) >= 11 is 1.45. The minimum absolute atomic E-state index is 0.000689. The number of hydrogen-bond acceptors (Lipinski definition) is 5. The highest BCUT2D eigenvalue weighted by Gasteiger charge is 2.28. The van der Waals surface area contributed by atoms with Crippen LogP contribution in [-0.2, 0) is 10.0 Å². The molecule has 5 nitrogen and oxygen atoms in total. The van der Waals surface area contributed by atoms with Crippen LogP contribution in [0.3, 0.4) is 0 Å². The Balaban J connectivity index is 1.90. The lowest BCUT2D eigenvalue weighted by Gasteiger charge is -2.18. The van der Waals surface area contributed by atoms with Gasteiger partial charge >= 0.3 is 6.01 Å². The van der Waals surface area contributed by atoms with Crippen molar-refractivity contribution < 1.29 is 12.8 Å². The van der Waals surface area contributed by atoms with Gasteiger partial charge in [-0.1, -0.05) is 60.2 Å². The maximum absolute atomic E-state index is 13.6. The molecular formula is C23H20N2O3S2. The minimum Gasteiger partial charge on any atom is -0.422 e. The van der Waals surface area contributed by atoms with Crippen LogP contribution in [0.2, 0.25) is 0 Å². The summed E-state index contributed by atoms with van der Waals surface area (Å²) in [5.74, 6) is 0. The van der Waals surface area contributed by atoms with Gasteiger partial charge in [-0.15, -0.1) is 11.8 Å². The Bertz CT molecular complexity index is 1260. The van der Waals surface area contributed by atoms with Crippen LogP contribution in [0.15, 0.2) is 94.4 Å². The highest BCUT2D eigenvalue weighted by molar-refractivity contribution is 8.07. The van der Waals surface area contributed by atoms with Crippen molar-refractivity contribution in [3.05, 3.63) is 96.2 Å². The molecule has 7 heteroatoms. The molecule has 1 aromatic heterocycles. The normalized spacial score (nSPS) is 12.3. The Morgan fingerprint density at radius 3 is 2.30 bits per heavy atom. The molecule has 1 heterocycles. The molecule has 0 saturated heterocycles. The summed E-state index contributed by atoms with van der Waals surface area (Å²) in [6, 6.07) is 23.6.